The van der Waals surface area contributed by atoms with Gasteiger partial charge in [0.25, 0.3) is 0 Å². The fourth-order valence-corrected chi connectivity index (χ4v) is 2.15. The van der Waals surface area contributed by atoms with Crippen LogP contribution in [0, 0.1) is 0 Å². The number of ether oxygens (including phenoxy) is 1. The molecule has 0 atom stereocenters. The Morgan fingerprint density at radius 2 is 1.89 bits per heavy atom. The minimum atomic E-state index is 0.554. The van der Waals surface area contributed by atoms with E-state index in [9.17, 15) is 0 Å². The Hall–Kier alpha value is -2.26. The van der Waals surface area contributed by atoms with Gasteiger partial charge in [-0.2, -0.15) is 0 Å². The summed E-state index contributed by atoms with van der Waals surface area (Å²) in [7, 11) is 0. The van der Waals surface area contributed by atoms with Crippen molar-refractivity contribution in [3.05, 3.63) is 65.9 Å². The molecule has 0 spiro atoms. The molecule has 0 aliphatic rings. The highest BCUT2D eigenvalue weighted by Gasteiger charge is 2.05. The first-order valence-corrected chi connectivity index (χ1v) is 6.33. The summed E-state index contributed by atoms with van der Waals surface area (Å²) in [5.74, 6) is 0.881. The predicted molar refractivity (Wildman–Crippen MR) is 77.0 cm³/mol. The average molecular weight is 252 g/mol. The highest BCUT2D eigenvalue weighted by Crippen LogP contribution is 2.21. The summed E-state index contributed by atoms with van der Waals surface area (Å²) in [4.78, 5) is 3.25. The van der Waals surface area contributed by atoms with Crippen LogP contribution in [0.4, 0.5) is 0 Å². The number of aromatic amines is 1. The van der Waals surface area contributed by atoms with Gasteiger partial charge in [-0.25, -0.2) is 0 Å². The van der Waals surface area contributed by atoms with Gasteiger partial charge in [-0.15, -0.1) is 0 Å². The molecule has 3 heteroatoms. The van der Waals surface area contributed by atoms with Crippen LogP contribution in [-0.2, 0) is 13.2 Å². The molecule has 0 aliphatic carbocycles. The van der Waals surface area contributed by atoms with Gasteiger partial charge in [-0.3, -0.25) is 0 Å². The van der Waals surface area contributed by atoms with Gasteiger partial charge in [0.05, 0.1) is 0 Å². The summed E-state index contributed by atoms with van der Waals surface area (Å²) in [6.45, 7) is 1.11. The summed E-state index contributed by atoms with van der Waals surface area (Å²) in [6.07, 6.45) is 1.99. The minimum absolute atomic E-state index is 0.554. The lowest BCUT2D eigenvalue weighted by molar-refractivity contribution is 0.307. The van der Waals surface area contributed by atoms with Gasteiger partial charge in [0.15, 0.2) is 0 Å². The number of aromatic nitrogens is 1. The van der Waals surface area contributed by atoms with Gasteiger partial charge in [0.1, 0.15) is 12.4 Å². The molecule has 1 aromatic heterocycles. The number of nitrogens with two attached hydrogens (primary N) is 1. The normalized spacial score (nSPS) is 10.8. The van der Waals surface area contributed by atoms with Crippen molar-refractivity contribution < 1.29 is 4.74 Å². The second kappa shape index (κ2) is 5.16. The maximum atomic E-state index is 5.78. The van der Waals surface area contributed by atoms with Crippen molar-refractivity contribution in [2.24, 2.45) is 5.73 Å². The zero-order chi connectivity index (χ0) is 13.1. The molecular weight excluding hydrogens is 236 g/mol. The third-order valence-electron chi connectivity index (χ3n) is 3.21. The molecule has 3 aromatic rings. The molecule has 0 radical (unpaired) electrons. The molecular formula is C16H16N2O. The fourth-order valence-electron chi connectivity index (χ4n) is 2.15. The van der Waals surface area contributed by atoms with Gasteiger partial charge < -0.3 is 15.5 Å². The number of hydrogen-bond acceptors (Lipinski definition) is 2. The lowest BCUT2D eigenvalue weighted by atomic mass is 10.1. The van der Waals surface area contributed by atoms with E-state index in [0.717, 1.165) is 22.4 Å². The average Bonchev–Trinajstić information content (AvgIpc) is 2.88. The number of para-hydroxylation sites is 1. The number of H-pyrrole nitrogens is 1. The molecule has 0 aliphatic heterocycles. The van der Waals surface area contributed by atoms with Gasteiger partial charge in [0.2, 0.25) is 0 Å². The summed E-state index contributed by atoms with van der Waals surface area (Å²) in [5.41, 5.74) is 9.08. The SMILES string of the molecule is NCc1ccc2[nH]cc(COc3ccccc3)c2c1. The highest BCUT2D eigenvalue weighted by molar-refractivity contribution is 5.83. The molecule has 0 saturated heterocycles. The summed E-state index contributed by atoms with van der Waals surface area (Å²) >= 11 is 0. The third kappa shape index (κ3) is 2.46. The molecule has 3 rings (SSSR count). The maximum absolute atomic E-state index is 5.78. The molecule has 0 saturated carbocycles. The molecule has 1 heterocycles. The van der Waals surface area contributed by atoms with Gasteiger partial charge in [-0.05, 0) is 29.8 Å². The fraction of sp³-hybridized carbons (Fsp3) is 0.125. The van der Waals surface area contributed by atoms with Crippen molar-refractivity contribution in [2.75, 3.05) is 0 Å². The first-order chi connectivity index (χ1) is 9.36. The zero-order valence-electron chi connectivity index (χ0n) is 10.6. The number of fused-ring (bicyclic) bond motifs is 1. The Morgan fingerprint density at radius 3 is 2.68 bits per heavy atom. The topological polar surface area (TPSA) is 51.0 Å². The van der Waals surface area contributed by atoms with Crippen molar-refractivity contribution in [2.45, 2.75) is 13.2 Å². The summed E-state index contributed by atoms with van der Waals surface area (Å²) in [6, 6.07) is 16.1. The third-order valence-corrected chi connectivity index (χ3v) is 3.21. The van der Waals surface area contributed by atoms with Gasteiger partial charge in [-0.1, -0.05) is 24.3 Å². The molecule has 96 valence electrons. The zero-order valence-corrected chi connectivity index (χ0v) is 10.6. The first kappa shape index (κ1) is 11.8. The van der Waals surface area contributed by atoms with E-state index in [0.29, 0.717) is 13.2 Å². The van der Waals surface area contributed by atoms with Crippen LogP contribution in [0.3, 0.4) is 0 Å². The quantitative estimate of drug-likeness (QED) is 0.749. The molecule has 0 amide bonds. The largest absolute Gasteiger partial charge is 0.489 e. The van der Waals surface area contributed by atoms with Gasteiger partial charge >= 0.3 is 0 Å². The minimum Gasteiger partial charge on any atom is -0.489 e. The van der Waals surface area contributed by atoms with E-state index in [1.165, 1.54) is 5.39 Å². The lowest BCUT2D eigenvalue weighted by Crippen LogP contribution is -1.97. The van der Waals surface area contributed by atoms with Crippen LogP contribution in [-0.4, -0.2) is 4.98 Å². The molecule has 3 N–H and O–H groups in total. The smallest absolute Gasteiger partial charge is 0.119 e. The van der Waals surface area contributed by atoms with Crippen LogP contribution in [0.1, 0.15) is 11.1 Å². The molecule has 0 bridgehead atoms. The van der Waals surface area contributed by atoms with E-state index in [1.54, 1.807) is 0 Å². The molecule has 2 aromatic carbocycles. The first-order valence-electron chi connectivity index (χ1n) is 6.33. The summed E-state index contributed by atoms with van der Waals surface area (Å²) in [5, 5.41) is 1.18. The van der Waals surface area contributed by atoms with Crippen molar-refractivity contribution >= 4 is 10.9 Å². The number of rotatable bonds is 4. The van der Waals surface area contributed by atoms with Crippen LogP contribution < -0.4 is 10.5 Å². The number of nitrogens with one attached hydrogen (secondary N) is 1. The predicted octanol–water partition coefficient (Wildman–Crippen LogP) is 3.21. The van der Waals surface area contributed by atoms with Crippen molar-refractivity contribution in [3.63, 3.8) is 0 Å². The second-order valence-electron chi connectivity index (χ2n) is 4.50. The Bertz CT molecular complexity index is 674. The van der Waals surface area contributed by atoms with E-state index in [4.69, 9.17) is 10.5 Å². The van der Waals surface area contributed by atoms with Crippen molar-refractivity contribution in [3.8, 4) is 5.75 Å². The van der Waals surface area contributed by atoms with Crippen LogP contribution in [0.25, 0.3) is 10.9 Å². The Balaban J connectivity index is 1.84. The standard InChI is InChI=1S/C16H16N2O/c17-9-12-6-7-16-15(8-12)13(10-18-16)11-19-14-4-2-1-3-5-14/h1-8,10,18H,9,11,17H2. The molecule has 0 unspecified atom stereocenters. The van der Waals surface area contributed by atoms with E-state index < -0.39 is 0 Å². The van der Waals surface area contributed by atoms with E-state index in [1.807, 2.05) is 42.6 Å². The second-order valence-corrected chi connectivity index (χ2v) is 4.50. The van der Waals surface area contributed by atoms with Crippen LogP contribution in [0.5, 0.6) is 5.75 Å². The Kier molecular flexibility index (Phi) is 3.21. The summed E-state index contributed by atoms with van der Waals surface area (Å²) < 4.78 is 5.78. The molecule has 3 nitrogen and oxygen atoms in total. The maximum Gasteiger partial charge on any atom is 0.119 e. The van der Waals surface area contributed by atoms with Crippen molar-refractivity contribution in [1.29, 1.82) is 0 Å². The number of hydrogen-bond donors (Lipinski definition) is 2. The Morgan fingerprint density at radius 1 is 1.05 bits per heavy atom. The van der Waals surface area contributed by atoms with E-state index in [-0.39, 0.29) is 0 Å². The van der Waals surface area contributed by atoms with Crippen molar-refractivity contribution in [1.82, 2.24) is 4.98 Å². The molecule has 0 fully saturated rings. The van der Waals surface area contributed by atoms with Crippen LogP contribution in [0.2, 0.25) is 0 Å². The van der Waals surface area contributed by atoms with Crippen LogP contribution >= 0.6 is 0 Å². The van der Waals surface area contributed by atoms with E-state index in [2.05, 4.69) is 17.1 Å². The van der Waals surface area contributed by atoms with E-state index >= 15 is 0 Å². The molecule has 19 heavy (non-hydrogen) atoms. The highest BCUT2D eigenvalue weighted by atomic mass is 16.5. The lowest BCUT2D eigenvalue weighted by Gasteiger charge is -2.05. The van der Waals surface area contributed by atoms with Gasteiger partial charge in [0, 0.05) is 29.2 Å². The van der Waals surface area contributed by atoms with Crippen LogP contribution in [0.15, 0.2) is 54.7 Å². The number of benzene rings is 2. The monoisotopic (exact) mass is 252 g/mol. The Labute approximate surface area is 112 Å².